The minimum absolute atomic E-state index is 0.0454. The fraction of sp³-hybridized carbons (Fsp3) is 0.357. The van der Waals surface area contributed by atoms with Gasteiger partial charge < -0.3 is 10.5 Å². The summed E-state index contributed by atoms with van der Waals surface area (Å²) >= 11 is 1.67. The number of rotatable bonds is 4. The van der Waals surface area contributed by atoms with Crippen molar-refractivity contribution in [2.45, 2.75) is 26.5 Å². The second-order valence-electron chi connectivity index (χ2n) is 4.39. The third-order valence-electron chi connectivity index (χ3n) is 2.76. The Morgan fingerprint density at radius 1 is 1.33 bits per heavy atom. The van der Waals surface area contributed by atoms with Crippen LogP contribution < -0.4 is 5.73 Å². The van der Waals surface area contributed by atoms with Gasteiger partial charge in [-0.05, 0) is 19.4 Å². The van der Waals surface area contributed by atoms with Gasteiger partial charge in [0.05, 0.1) is 12.3 Å². The van der Waals surface area contributed by atoms with Crippen LogP contribution in [-0.2, 0) is 11.3 Å². The maximum absolute atomic E-state index is 5.92. The molecule has 1 atom stereocenters. The summed E-state index contributed by atoms with van der Waals surface area (Å²) in [6.45, 7) is 4.65. The molecule has 0 aliphatic rings. The zero-order valence-electron chi connectivity index (χ0n) is 10.9. The molecule has 0 saturated heterocycles. The van der Waals surface area contributed by atoms with Gasteiger partial charge in [0.25, 0.3) is 0 Å². The van der Waals surface area contributed by atoms with Gasteiger partial charge >= 0.3 is 0 Å². The van der Waals surface area contributed by atoms with Crippen LogP contribution in [0.25, 0.3) is 10.6 Å². The first-order chi connectivity index (χ1) is 8.61. The van der Waals surface area contributed by atoms with E-state index in [-0.39, 0.29) is 6.04 Å². The number of ether oxygens (including phenoxy) is 1. The smallest absolute Gasteiger partial charge is 0.123 e. The molecular formula is C14H18N2OS. The Balaban J connectivity index is 2.28. The van der Waals surface area contributed by atoms with Gasteiger partial charge in [0.1, 0.15) is 5.01 Å². The number of methoxy groups -OCH3 is 1. The fourth-order valence-electron chi connectivity index (χ4n) is 1.86. The molecule has 0 radical (unpaired) electrons. The van der Waals surface area contributed by atoms with Gasteiger partial charge in [-0.15, -0.1) is 11.3 Å². The maximum Gasteiger partial charge on any atom is 0.123 e. The highest BCUT2D eigenvalue weighted by Crippen LogP contribution is 2.30. The monoisotopic (exact) mass is 262 g/mol. The molecule has 0 bridgehead atoms. The lowest BCUT2D eigenvalue weighted by Crippen LogP contribution is -2.03. The molecule has 1 aromatic heterocycles. The van der Waals surface area contributed by atoms with E-state index < -0.39 is 0 Å². The third-order valence-corrected chi connectivity index (χ3v) is 4.17. The summed E-state index contributed by atoms with van der Waals surface area (Å²) in [5.74, 6) is 0. The van der Waals surface area contributed by atoms with Crippen molar-refractivity contribution < 1.29 is 4.74 Å². The number of nitrogens with two attached hydrogens (primary N) is 1. The lowest BCUT2D eigenvalue weighted by molar-refractivity contribution is 0.185. The number of hydrogen-bond acceptors (Lipinski definition) is 4. The normalized spacial score (nSPS) is 12.7. The highest BCUT2D eigenvalue weighted by molar-refractivity contribution is 7.15. The third kappa shape index (κ3) is 2.77. The Morgan fingerprint density at radius 2 is 2.00 bits per heavy atom. The van der Waals surface area contributed by atoms with Gasteiger partial charge in [-0.1, -0.05) is 24.3 Å². The molecular weight excluding hydrogens is 244 g/mol. The van der Waals surface area contributed by atoms with E-state index in [0.29, 0.717) is 6.61 Å². The Kier molecular flexibility index (Phi) is 4.11. The fourth-order valence-corrected chi connectivity index (χ4v) is 2.89. The van der Waals surface area contributed by atoms with Crippen molar-refractivity contribution in [3.05, 3.63) is 40.4 Å². The Hall–Kier alpha value is -1.23. The van der Waals surface area contributed by atoms with Crippen molar-refractivity contribution in [2.24, 2.45) is 5.73 Å². The van der Waals surface area contributed by atoms with E-state index in [4.69, 9.17) is 10.5 Å². The van der Waals surface area contributed by atoms with Gasteiger partial charge in [0.15, 0.2) is 0 Å². The van der Waals surface area contributed by atoms with E-state index in [0.717, 1.165) is 21.1 Å². The molecule has 96 valence electrons. The van der Waals surface area contributed by atoms with Crippen molar-refractivity contribution >= 4 is 11.3 Å². The van der Waals surface area contributed by atoms with E-state index in [9.17, 15) is 0 Å². The zero-order chi connectivity index (χ0) is 13.1. The predicted octanol–water partition coefficient (Wildman–Crippen LogP) is 3.28. The minimum atomic E-state index is 0.0454. The van der Waals surface area contributed by atoms with Gasteiger partial charge in [-0.3, -0.25) is 0 Å². The summed E-state index contributed by atoms with van der Waals surface area (Å²) in [7, 11) is 1.70. The van der Waals surface area contributed by atoms with Crippen LogP contribution in [0.2, 0.25) is 0 Å². The number of hydrogen-bond donors (Lipinski definition) is 1. The van der Waals surface area contributed by atoms with Gasteiger partial charge in [-0.2, -0.15) is 0 Å². The molecule has 4 heteroatoms. The summed E-state index contributed by atoms with van der Waals surface area (Å²) in [5, 5.41) is 1.03. The zero-order valence-corrected chi connectivity index (χ0v) is 11.8. The first-order valence-electron chi connectivity index (χ1n) is 5.93. The van der Waals surface area contributed by atoms with E-state index in [1.807, 2.05) is 13.8 Å². The molecule has 2 rings (SSSR count). The van der Waals surface area contributed by atoms with Crippen molar-refractivity contribution in [2.75, 3.05) is 7.11 Å². The number of aryl methyl sites for hydroxylation is 1. The van der Waals surface area contributed by atoms with Crippen LogP contribution in [0.5, 0.6) is 0 Å². The second-order valence-corrected chi connectivity index (χ2v) is 5.42. The molecule has 0 saturated carbocycles. The minimum Gasteiger partial charge on any atom is -0.380 e. The van der Waals surface area contributed by atoms with Crippen LogP contribution in [0.4, 0.5) is 0 Å². The van der Waals surface area contributed by atoms with Crippen molar-refractivity contribution in [3.8, 4) is 10.6 Å². The second kappa shape index (κ2) is 5.61. The largest absolute Gasteiger partial charge is 0.380 e. The number of aromatic nitrogens is 1. The highest BCUT2D eigenvalue weighted by atomic mass is 32.1. The topological polar surface area (TPSA) is 48.1 Å². The van der Waals surface area contributed by atoms with Crippen LogP contribution in [0, 0.1) is 6.92 Å². The van der Waals surface area contributed by atoms with Crippen LogP contribution >= 0.6 is 11.3 Å². The average molecular weight is 262 g/mol. The SMILES string of the molecule is COCc1ccc(-c2nc(C)c(C(C)N)s2)cc1. The molecule has 0 fully saturated rings. The van der Waals surface area contributed by atoms with Crippen molar-refractivity contribution in [1.29, 1.82) is 0 Å². The average Bonchev–Trinajstić information content (AvgIpc) is 2.73. The molecule has 0 aliphatic heterocycles. The summed E-state index contributed by atoms with van der Waals surface area (Å²) in [6.07, 6.45) is 0. The number of thiazole rings is 1. The number of benzene rings is 1. The first-order valence-corrected chi connectivity index (χ1v) is 6.74. The molecule has 0 aliphatic carbocycles. The molecule has 3 nitrogen and oxygen atoms in total. The van der Waals surface area contributed by atoms with E-state index >= 15 is 0 Å². The Bertz CT molecular complexity index is 517. The summed E-state index contributed by atoms with van der Waals surface area (Å²) in [4.78, 5) is 5.74. The standard InChI is InChI=1S/C14H18N2OS/c1-9(15)13-10(2)16-14(18-13)12-6-4-11(5-7-12)8-17-3/h4-7,9H,8,15H2,1-3H3. The lowest BCUT2D eigenvalue weighted by atomic mass is 10.1. The molecule has 1 aromatic carbocycles. The molecule has 2 N–H and O–H groups in total. The summed E-state index contributed by atoms with van der Waals surface area (Å²) < 4.78 is 5.10. The first kappa shape index (κ1) is 13.2. The van der Waals surface area contributed by atoms with Crippen LogP contribution in [0.3, 0.4) is 0 Å². The van der Waals surface area contributed by atoms with Crippen LogP contribution in [0.1, 0.15) is 29.1 Å². The predicted molar refractivity (Wildman–Crippen MR) is 75.6 cm³/mol. The summed E-state index contributed by atoms with van der Waals surface area (Å²) in [6, 6.07) is 8.35. The number of nitrogens with zero attached hydrogens (tertiary/aromatic N) is 1. The molecule has 0 amide bonds. The molecule has 1 heterocycles. The van der Waals surface area contributed by atoms with E-state index in [1.165, 1.54) is 5.56 Å². The van der Waals surface area contributed by atoms with Crippen LogP contribution in [-0.4, -0.2) is 12.1 Å². The van der Waals surface area contributed by atoms with Gasteiger partial charge in [0.2, 0.25) is 0 Å². The summed E-state index contributed by atoms with van der Waals surface area (Å²) in [5.41, 5.74) is 9.26. The Labute approximate surface area is 112 Å². The quantitative estimate of drug-likeness (QED) is 0.919. The van der Waals surface area contributed by atoms with Gasteiger partial charge in [0, 0.05) is 23.6 Å². The molecule has 18 heavy (non-hydrogen) atoms. The van der Waals surface area contributed by atoms with E-state index in [2.05, 4.69) is 29.2 Å². The van der Waals surface area contributed by atoms with Crippen LogP contribution in [0.15, 0.2) is 24.3 Å². The van der Waals surface area contributed by atoms with Crippen molar-refractivity contribution in [1.82, 2.24) is 4.98 Å². The van der Waals surface area contributed by atoms with Crippen molar-refractivity contribution in [3.63, 3.8) is 0 Å². The lowest BCUT2D eigenvalue weighted by Gasteiger charge is -2.01. The Morgan fingerprint density at radius 3 is 2.50 bits per heavy atom. The molecule has 2 aromatic rings. The highest BCUT2D eigenvalue weighted by Gasteiger charge is 2.12. The molecule has 0 spiro atoms. The molecule has 1 unspecified atom stereocenters. The van der Waals surface area contributed by atoms with E-state index in [1.54, 1.807) is 18.4 Å². The maximum atomic E-state index is 5.92. The van der Waals surface area contributed by atoms with Gasteiger partial charge in [-0.25, -0.2) is 4.98 Å².